The van der Waals surface area contributed by atoms with Crippen LogP contribution in [0, 0.1) is 13.8 Å². The maximum Gasteiger partial charge on any atom is 0.155 e. The number of aromatic nitrogens is 2. The summed E-state index contributed by atoms with van der Waals surface area (Å²) >= 11 is 6.16. The first-order chi connectivity index (χ1) is 8.58. The second kappa shape index (κ2) is 4.82. The molecule has 1 aromatic carbocycles. The van der Waals surface area contributed by atoms with Crippen LogP contribution in [0.1, 0.15) is 21.6 Å². The first kappa shape index (κ1) is 12.6. The minimum atomic E-state index is 0.298. The molecule has 1 heterocycles. The SMILES string of the molecule is COc1ccc(C)cc1-n1nc(C)c(C=O)c1Cl. The molecule has 0 atom stereocenters. The summed E-state index contributed by atoms with van der Waals surface area (Å²) in [5, 5.41) is 4.57. The number of rotatable bonds is 3. The zero-order valence-electron chi connectivity index (χ0n) is 10.4. The van der Waals surface area contributed by atoms with Gasteiger partial charge in [0.2, 0.25) is 0 Å². The van der Waals surface area contributed by atoms with Gasteiger partial charge in [0.25, 0.3) is 0 Å². The topological polar surface area (TPSA) is 44.1 Å². The largest absolute Gasteiger partial charge is 0.494 e. The number of methoxy groups -OCH3 is 1. The number of ether oxygens (including phenoxy) is 1. The van der Waals surface area contributed by atoms with Gasteiger partial charge in [-0.05, 0) is 31.5 Å². The molecule has 0 N–H and O–H groups in total. The fraction of sp³-hybridized carbons (Fsp3) is 0.231. The van der Waals surface area contributed by atoms with Crippen LogP contribution in [-0.4, -0.2) is 23.2 Å². The number of aryl methyl sites for hydroxylation is 2. The molecule has 0 radical (unpaired) electrons. The fourth-order valence-corrected chi connectivity index (χ4v) is 2.08. The Bertz CT molecular complexity index is 605. The first-order valence-electron chi connectivity index (χ1n) is 5.43. The van der Waals surface area contributed by atoms with Gasteiger partial charge in [-0.2, -0.15) is 5.10 Å². The van der Waals surface area contributed by atoms with E-state index in [-0.39, 0.29) is 0 Å². The normalized spacial score (nSPS) is 10.4. The highest BCUT2D eigenvalue weighted by Crippen LogP contribution is 2.28. The Hall–Kier alpha value is -1.81. The van der Waals surface area contributed by atoms with Gasteiger partial charge in [0.15, 0.2) is 6.29 Å². The fourth-order valence-electron chi connectivity index (χ4n) is 1.77. The molecule has 2 rings (SSSR count). The Balaban J connectivity index is 2.68. The molecule has 0 unspecified atom stereocenters. The Morgan fingerprint density at radius 2 is 2.11 bits per heavy atom. The van der Waals surface area contributed by atoms with E-state index in [9.17, 15) is 4.79 Å². The molecule has 94 valence electrons. The minimum absolute atomic E-state index is 0.298. The summed E-state index contributed by atoms with van der Waals surface area (Å²) in [7, 11) is 1.58. The van der Waals surface area contributed by atoms with Crippen LogP contribution in [0.25, 0.3) is 5.69 Å². The summed E-state index contributed by atoms with van der Waals surface area (Å²) in [6, 6.07) is 5.69. The van der Waals surface area contributed by atoms with Crippen LogP contribution in [0.15, 0.2) is 18.2 Å². The van der Waals surface area contributed by atoms with E-state index >= 15 is 0 Å². The number of hydrogen-bond acceptors (Lipinski definition) is 3. The highest BCUT2D eigenvalue weighted by atomic mass is 35.5. The lowest BCUT2D eigenvalue weighted by Gasteiger charge is -2.10. The second-order valence-electron chi connectivity index (χ2n) is 3.99. The molecule has 18 heavy (non-hydrogen) atoms. The molecular formula is C13H13ClN2O2. The third kappa shape index (κ3) is 1.99. The van der Waals surface area contributed by atoms with Crippen LogP contribution in [0.5, 0.6) is 5.75 Å². The lowest BCUT2D eigenvalue weighted by atomic mass is 10.2. The summed E-state index contributed by atoms with van der Waals surface area (Å²) in [5.74, 6) is 0.655. The molecule has 0 aliphatic rings. The quantitative estimate of drug-likeness (QED) is 0.801. The van der Waals surface area contributed by atoms with Gasteiger partial charge in [0.05, 0.1) is 18.4 Å². The zero-order chi connectivity index (χ0) is 13.3. The number of nitrogens with zero attached hydrogens (tertiary/aromatic N) is 2. The average Bonchev–Trinajstić information content (AvgIpc) is 2.64. The number of carbonyl (C=O) groups excluding carboxylic acids is 1. The van der Waals surface area contributed by atoms with Gasteiger partial charge in [-0.25, -0.2) is 4.68 Å². The first-order valence-corrected chi connectivity index (χ1v) is 5.81. The molecule has 0 fully saturated rings. The van der Waals surface area contributed by atoms with Crippen LogP contribution in [0.4, 0.5) is 0 Å². The van der Waals surface area contributed by atoms with Crippen molar-refractivity contribution in [3.05, 3.63) is 40.2 Å². The van der Waals surface area contributed by atoms with E-state index in [0.717, 1.165) is 11.3 Å². The van der Waals surface area contributed by atoms with Crippen LogP contribution < -0.4 is 4.74 Å². The summed E-state index contributed by atoms with van der Waals surface area (Å²) < 4.78 is 6.80. The van der Waals surface area contributed by atoms with E-state index in [1.54, 1.807) is 14.0 Å². The Morgan fingerprint density at radius 3 is 2.67 bits per heavy atom. The van der Waals surface area contributed by atoms with Crippen LogP contribution in [0.3, 0.4) is 0 Å². The van der Waals surface area contributed by atoms with Crippen molar-refractivity contribution in [2.75, 3.05) is 7.11 Å². The van der Waals surface area contributed by atoms with Gasteiger partial charge in [0, 0.05) is 0 Å². The molecule has 2 aromatic rings. The number of carbonyl (C=O) groups is 1. The number of benzene rings is 1. The molecule has 0 aliphatic heterocycles. The van der Waals surface area contributed by atoms with Crippen LogP contribution in [-0.2, 0) is 0 Å². The van der Waals surface area contributed by atoms with Crippen molar-refractivity contribution in [3.63, 3.8) is 0 Å². The second-order valence-corrected chi connectivity index (χ2v) is 4.35. The maximum atomic E-state index is 10.9. The molecule has 0 aliphatic carbocycles. The van der Waals surface area contributed by atoms with Crippen molar-refractivity contribution in [2.24, 2.45) is 0 Å². The molecular weight excluding hydrogens is 252 g/mol. The Morgan fingerprint density at radius 1 is 1.39 bits per heavy atom. The predicted molar refractivity (Wildman–Crippen MR) is 70.0 cm³/mol. The third-order valence-electron chi connectivity index (χ3n) is 2.73. The van der Waals surface area contributed by atoms with Crippen LogP contribution >= 0.6 is 11.6 Å². The van der Waals surface area contributed by atoms with Crippen molar-refractivity contribution in [1.82, 2.24) is 9.78 Å². The molecule has 0 saturated carbocycles. The third-order valence-corrected chi connectivity index (χ3v) is 3.09. The summed E-state index contributed by atoms with van der Waals surface area (Å²) in [6.45, 7) is 3.71. The van der Waals surface area contributed by atoms with Crippen molar-refractivity contribution < 1.29 is 9.53 Å². The molecule has 5 heteroatoms. The Kier molecular flexibility index (Phi) is 3.39. The highest BCUT2D eigenvalue weighted by Gasteiger charge is 2.16. The van der Waals surface area contributed by atoms with Gasteiger partial charge >= 0.3 is 0 Å². The van der Waals surface area contributed by atoms with Gasteiger partial charge in [-0.1, -0.05) is 17.7 Å². The monoisotopic (exact) mass is 264 g/mol. The zero-order valence-corrected chi connectivity index (χ0v) is 11.2. The lowest BCUT2D eigenvalue weighted by Crippen LogP contribution is -2.01. The van der Waals surface area contributed by atoms with Gasteiger partial charge in [-0.3, -0.25) is 4.79 Å². The van der Waals surface area contributed by atoms with Crippen molar-refractivity contribution >= 4 is 17.9 Å². The average molecular weight is 265 g/mol. The highest BCUT2D eigenvalue weighted by molar-refractivity contribution is 6.32. The van der Waals surface area contributed by atoms with Crippen LogP contribution in [0.2, 0.25) is 5.15 Å². The molecule has 0 spiro atoms. The molecule has 4 nitrogen and oxygen atoms in total. The van der Waals surface area contributed by atoms with Crippen molar-refractivity contribution in [1.29, 1.82) is 0 Å². The number of hydrogen-bond donors (Lipinski definition) is 0. The Labute approximate surface area is 110 Å². The molecule has 0 amide bonds. The maximum absolute atomic E-state index is 10.9. The van der Waals surface area contributed by atoms with E-state index in [1.165, 1.54) is 4.68 Å². The standard InChI is InChI=1S/C13H13ClN2O2/c1-8-4-5-12(18-3)11(6-8)16-13(14)10(7-17)9(2)15-16/h4-7H,1-3H3. The summed E-state index contributed by atoms with van der Waals surface area (Å²) in [6.07, 6.45) is 0.712. The smallest absolute Gasteiger partial charge is 0.155 e. The lowest BCUT2D eigenvalue weighted by molar-refractivity contribution is 0.112. The van der Waals surface area contributed by atoms with E-state index in [2.05, 4.69) is 5.10 Å². The van der Waals surface area contributed by atoms with Crippen molar-refractivity contribution in [3.8, 4) is 11.4 Å². The van der Waals surface area contributed by atoms with E-state index in [0.29, 0.717) is 28.4 Å². The van der Waals surface area contributed by atoms with E-state index in [1.807, 2.05) is 25.1 Å². The van der Waals surface area contributed by atoms with E-state index < -0.39 is 0 Å². The number of aldehydes is 1. The predicted octanol–water partition coefficient (Wildman–Crippen LogP) is 2.96. The minimum Gasteiger partial charge on any atom is -0.494 e. The molecule has 1 aromatic heterocycles. The number of halogens is 1. The van der Waals surface area contributed by atoms with Gasteiger partial charge < -0.3 is 4.74 Å². The van der Waals surface area contributed by atoms with Gasteiger partial charge in [-0.15, -0.1) is 0 Å². The molecule has 0 saturated heterocycles. The molecule has 0 bridgehead atoms. The van der Waals surface area contributed by atoms with Crippen molar-refractivity contribution in [2.45, 2.75) is 13.8 Å². The summed E-state index contributed by atoms with van der Waals surface area (Å²) in [5.41, 5.74) is 2.78. The van der Waals surface area contributed by atoms with E-state index in [4.69, 9.17) is 16.3 Å². The van der Waals surface area contributed by atoms with Gasteiger partial charge in [0.1, 0.15) is 16.6 Å². The summed E-state index contributed by atoms with van der Waals surface area (Å²) in [4.78, 5) is 10.9.